The molecular formula is C12H14BrF2NO2. The van der Waals surface area contributed by atoms with Gasteiger partial charge in [-0.3, -0.25) is 0 Å². The molecule has 3 atom stereocenters. The van der Waals surface area contributed by atoms with Crippen molar-refractivity contribution in [1.29, 1.82) is 0 Å². The Morgan fingerprint density at radius 3 is 2.67 bits per heavy atom. The summed E-state index contributed by atoms with van der Waals surface area (Å²) in [5, 5.41) is 3.09. The highest BCUT2D eigenvalue weighted by atomic mass is 79.9. The summed E-state index contributed by atoms with van der Waals surface area (Å²) >= 11 is 3.09. The summed E-state index contributed by atoms with van der Waals surface area (Å²) in [6.45, 7) is 0. The lowest BCUT2D eigenvalue weighted by molar-refractivity contribution is -0.0883. The van der Waals surface area contributed by atoms with Gasteiger partial charge in [0.1, 0.15) is 18.0 Å². The maximum Gasteiger partial charge on any atom is 0.169 e. The van der Waals surface area contributed by atoms with Crippen molar-refractivity contribution in [3.8, 4) is 5.75 Å². The summed E-state index contributed by atoms with van der Waals surface area (Å²) < 4.78 is 37.6. The zero-order valence-corrected chi connectivity index (χ0v) is 11.6. The van der Waals surface area contributed by atoms with Crippen LogP contribution in [0.2, 0.25) is 0 Å². The van der Waals surface area contributed by atoms with Gasteiger partial charge in [-0.25, -0.2) is 8.78 Å². The van der Waals surface area contributed by atoms with Gasteiger partial charge < -0.3 is 14.8 Å². The minimum absolute atomic E-state index is 0.0259. The second kappa shape index (κ2) is 5.50. The van der Waals surface area contributed by atoms with Gasteiger partial charge in [-0.15, -0.1) is 0 Å². The molecule has 0 aliphatic heterocycles. The zero-order valence-electron chi connectivity index (χ0n) is 10.0. The van der Waals surface area contributed by atoms with Gasteiger partial charge in [0.15, 0.2) is 11.6 Å². The number of halogens is 3. The molecule has 0 saturated heterocycles. The Morgan fingerprint density at radius 2 is 2.11 bits per heavy atom. The van der Waals surface area contributed by atoms with E-state index < -0.39 is 11.6 Å². The molecular weight excluding hydrogens is 308 g/mol. The summed E-state index contributed by atoms with van der Waals surface area (Å²) in [7, 11) is 3.42. The van der Waals surface area contributed by atoms with E-state index in [0.717, 1.165) is 12.5 Å². The molecule has 0 bridgehead atoms. The van der Waals surface area contributed by atoms with Crippen molar-refractivity contribution < 1.29 is 18.3 Å². The average molecular weight is 322 g/mol. The van der Waals surface area contributed by atoms with Crippen molar-refractivity contribution in [2.45, 2.75) is 24.7 Å². The first-order valence-corrected chi connectivity index (χ1v) is 6.37. The van der Waals surface area contributed by atoms with Crippen molar-refractivity contribution in [1.82, 2.24) is 5.32 Å². The first-order chi connectivity index (χ1) is 8.56. The number of hydrogen-bond acceptors (Lipinski definition) is 3. The molecule has 0 radical (unpaired) electrons. The Hall–Kier alpha value is -0.720. The molecule has 3 nitrogen and oxygen atoms in total. The summed E-state index contributed by atoms with van der Waals surface area (Å²) in [6.07, 6.45) is 0.355. The van der Waals surface area contributed by atoms with Crippen LogP contribution < -0.4 is 10.1 Å². The van der Waals surface area contributed by atoms with E-state index >= 15 is 0 Å². The number of ether oxygens (including phenoxy) is 2. The quantitative estimate of drug-likeness (QED) is 0.924. The monoisotopic (exact) mass is 321 g/mol. The Morgan fingerprint density at radius 1 is 1.39 bits per heavy atom. The van der Waals surface area contributed by atoms with E-state index in [1.165, 1.54) is 6.07 Å². The second-order valence-electron chi connectivity index (χ2n) is 4.19. The van der Waals surface area contributed by atoms with Crippen LogP contribution in [0, 0.1) is 11.6 Å². The molecule has 3 unspecified atom stereocenters. The van der Waals surface area contributed by atoms with Gasteiger partial charge in [0.2, 0.25) is 0 Å². The smallest absolute Gasteiger partial charge is 0.169 e. The molecule has 0 spiro atoms. The second-order valence-corrected chi connectivity index (χ2v) is 5.04. The minimum Gasteiger partial charge on any atom is -0.483 e. The number of hydrogen-bond donors (Lipinski definition) is 1. The summed E-state index contributed by atoms with van der Waals surface area (Å²) in [6, 6.07) is 2.17. The van der Waals surface area contributed by atoms with E-state index in [-0.39, 0.29) is 28.5 Å². The van der Waals surface area contributed by atoms with Crippen LogP contribution in [0.25, 0.3) is 0 Å². The third-order valence-electron chi connectivity index (χ3n) is 3.12. The van der Waals surface area contributed by atoms with E-state index in [1.807, 2.05) is 7.05 Å². The highest BCUT2D eigenvalue weighted by Crippen LogP contribution is 2.34. The number of methoxy groups -OCH3 is 1. The standard InChI is InChI=1S/C12H14BrF2NO2/c1-16-9-5-10(12(9)17-2)18-11-7(13)3-6(14)4-8(11)15/h3-4,9-10,12,16H,5H2,1-2H3. The van der Waals surface area contributed by atoms with Gasteiger partial charge in [0.25, 0.3) is 0 Å². The molecule has 1 saturated carbocycles. The van der Waals surface area contributed by atoms with E-state index in [4.69, 9.17) is 9.47 Å². The van der Waals surface area contributed by atoms with Gasteiger partial charge in [0, 0.05) is 25.6 Å². The van der Waals surface area contributed by atoms with Gasteiger partial charge in [-0.1, -0.05) is 0 Å². The molecule has 1 aliphatic carbocycles. The number of benzene rings is 1. The molecule has 18 heavy (non-hydrogen) atoms. The number of likely N-dealkylation sites (N-methyl/N-ethyl adjacent to an activating group) is 1. The van der Waals surface area contributed by atoms with Crippen LogP contribution in [-0.4, -0.2) is 32.4 Å². The maximum absolute atomic E-state index is 13.6. The largest absolute Gasteiger partial charge is 0.483 e. The molecule has 1 aromatic carbocycles. The maximum atomic E-state index is 13.6. The van der Waals surface area contributed by atoms with Crippen LogP contribution >= 0.6 is 15.9 Å². The molecule has 0 heterocycles. The fraction of sp³-hybridized carbons (Fsp3) is 0.500. The number of nitrogens with one attached hydrogen (secondary N) is 1. The normalized spacial score (nSPS) is 26.8. The van der Waals surface area contributed by atoms with Crippen LogP contribution in [0.5, 0.6) is 5.75 Å². The third kappa shape index (κ3) is 2.50. The molecule has 0 amide bonds. The SMILES string of the molecule is CNC1CC(Oc2c(F)cc(F)cc2Br)C1OC. The Balaban J connectivity index is 2.11. The topological polar surface area (TPSA) is 30.5 Å². The van der Waals surface area contributed by atoms with E-state index in [9.17, 15) is 8.78 Å². The van der Waals surface area contributed by atoms with Crippen molar-refractivity contribution in [2.75, 3.05) is 14.2 Å². The van der Waals surface area contributed by atoms with E-state index in [0.29, 0.717) is 0 Å². The molecule has 1 aliphatic rings. The third-order valence-corrected chi connectivity index (χ3v) is 3.71. The predicted molar refractivity (Wildman–Crippen MR) is 66.7 cm³/mol. The van der Waals surface area contributed by atoms with Gasteiger partial charge in [0.05, 0.1) is 4.47 Å². The minimum atomic E-state index is -0.718. The molecule has 1 N–H and O–H groups in total. The van der Waals surface area contributed by atoms with Gasteiger partial charge in [-0.05, 0) is 29.0 Å². The summed E-state index contributed by atoms with van der Waals surface area (Å²) in [5.74, 6) is -1.33. The van der Waals surface area contributed by atoms with E-state index in [2.05, 4.69) is 21.2 Å². The Labute approximate surface area is 113 Å². The van der Waals surface area contributed by atoms with Crippen LogP contribution in [0.4, 0.5) is 8.78 Å². The van der Waals surface area contributed by atoms with Crippen LogP contribution in [0.3, 0.4) is 0 Å². The fourth-order valence-corrected chi connectivity index (χ4v) is 2.59. The Bertz CT molecular complexity index is 421. The molecule has 1 fully saturated rings. The van der Waals surface area contributed by atoms with Crippen molar-refractivity contribution in [2.24, 2.45) is 0 Å². The summed E-state index contributed by atoms with van der Waals surface area (Å²) in [4.78, 5) is 0. The van der Waals surface area contributed by atoms with Crippen LogP contribution in [0.15, 0.2) is 16.6 Å². The van der Waals surface area contributed by atoms with Gasteiger partial charge in [-0.2, -0.15) is 0 Å². The molecule has 1 aromatic rings. The number of rotatable bonds is 4. The zero-order chi connectivity index (χ0) is 13.3. The highest BCUT2D eigenvalue weighted by Gasteiger charge is 2.43. The molecule has 0 aromatic heterocycles. The summed E-state index contributed by atoms with van der Waals surface area (Å²) in [5.41, 5.74) is 0. The van der Waals surface area contributed by atoms with Crippen molar-refractivity contribution in [3.05, 3.63) is 28.2 Å². The lowest BCUT2D eigenvalue weighted by Crippen LogP contribution is -2.60. The van der Waals surface area contributed by atoms with Crippen molar-refractivity contribution in [3.63, 3.8) is 0 Å². The predicted octanol–water partition coefficient (Wildman–Crippen LogP) is 2.48. The van der Waals surface area contributed by atoms with Crippen LogP contribution in [-0.2, 0) is 4.74 Å². The fourth-order valence-electron chi connectivity index (χ4n) is 2.09. The molecule has 2 rings (SSSR count). The Kier molecular flexibility index (Phi) is 4.19. The molecule has 100 valence electrons. The lowest BCUT2D eigenvalue weighted by Gasteiger charge is -2.43. The van der Waals surface area contributed by atoms with Crippen molar-refractivity contribution >= 4 is 15.9 Å². The van der Waals surface area contributed by atoms with E-state index in [1.54, 1.807) is 7.11 Å². The lowest BCUT2D eigenvalue weighted by atomic mass is 9.85. The van der Waals surface area contributed by atoms with Gasteiger partial charge >= 0.3 is 0 Å². The first kappa shape index (κ1) is 13.7. The van der Waals surface area contributed by atoms with Crippen LogP contribution in [0.1, 0.15) is 6.42 Å². The average Bonchev–Trinajstić information content (AvgIpc) is 2.26. The molecule has 6 heteroatoms. The highest BCUT2D eigenvalue weighted by molar-refractivity contribution is 9.10. The first-order valence-electron chi connectivity index (χ1n) is 5.58.